The molecule has 1 heterocycles. The third kappa shape index (κ3) is 3.25. The van der Waals surface area contributed by atoms with E-state index in [2.05, 4.69) is 25.7 Å². The summed E-state index contributed by atoms with van der Waals surface area (Å²) in [6.45, 7) is 10.6. The second-order valence-corrected chi connectivity index (χ2v) is 5.25. The molecule has 0 aliphatic carbocycles. The highest BCUT2D eigenvalue weighted by molar-refractivity contribution is 4.81. The molecule has 0 aromatic carbocycles. The van der Waals surface area contributed by atoms with Gasteiger partial charge in [-0.3, -0.25) is 0 Å². The maximum atomic E-state index is 8.99. The Morgan fingerprint density at radius 3 is 2.36 bits per heavy atom. The van der Waals surface area contributed by atoms with Crippen LogP contribution in [0.25, 0.3) is 0 Å². The number of likely N-dealkylation sites (tertiary alicyclic amines) is 1. The fourth-order valence-electron chi connectivity index (χ4n) is 2.13. The lowest BCUT2D eigenvalue weighted by Gasteiger charge is -2.39. The average Bonchev–Trinajstić information content (AvgIpc) is 2.21. The molecule has 14 heavy (non-hydrogen) atoms. The minimum atomic E-state index is 0.321. The standard InChI is InChI=1S/C12H25NO/c1-4-12(3)5-7-13(8-6-12)9-11(2)10-14/h11,14H,4-10H2,1-3H3. The first-order valence-corrected chi connectivity index (χ1v) is 5.93. The number of piperidine rings is 1. The predicted octanol–water partition coefficient (Wildman–Crippen LogP) is 2.13. The highest BCUT2D eigenvalue weighted by Gasteiger charge is 2.28. The zero-order valence-corrected chi connectivity index (χ0v) is 9.92. The number of aliphatic hydroxyl groups is 1. The van der Waals surface area contributed by atoms with Gasteiger partial charge in [-0.25, -0.2) is 0 Å². The molecule has 1 atom stereocenters. The molecule has 1 aliphatic rings. The van der Waals surface area contributed by atoms with Crippen LogP contribution in [0.5, 0.6) is 0 Å². The molecule has 84 valence electrons. The Kier molecular flexibility index (Phi) is 4.39. The van der Waals surface area contributed by atoms with Crippen molar-refractivity contribution in [1.29, 1.82) is 0 Å². The van der Waals surface area contributed by atoms with E-state index >= 15 is 0 Å². The lowest BCUT2D eigenvalue weighted by Crippen LogP contribution is -2.40. The lowest BCUT2D eigenvalue weighted by molar-refractivity contribution is 0.0913. The van der Waals surface area contributed by atoms with Crippen molar-refractivity contribution >= 4 is 0 Å². The highest BCUT2D eigenvalue weighted by atomic mass is 16.3. The van der Waals surface area contributed by atoms with Gasteiger partial charge in [-0.1, -0.05) is 27.2 Å². The average molecular weight is 199 g/mol. The van der Waals surface area contributed by atoms with E-state index in [1.165, 1.54) is 32.4 Å². The molecule has 1 N–H and O–H groups in total. The summed E-state index contributed by atoms with van der Waals surface area (Å²) in [5, 5.41) is 8.99. The van der Waals surface area contributed by atoms with Crippen molar-refractivity contribution in [3.63, 3.8) is 0 Å². The van der Waals surface area contributed by atoms with Crippen LogP contribution in [0.15, 0.2) is 0 Å². The number of rotatable bonds is 4. The van der Waals surface area contributed by atoms with Gasteiger partial charge in [0.2, 0.25) is 0 Å². The van der Waals surface area contributed by atoms with Gasteiger partial charge in [0.1, 0.15) is 0 Å². The molecule has 1 rings (SSSR count). The normalized spacial score (nSPS) is 24.9. The summed E-state index contributed by atoms with van der Waals surface area (Å²) in [4.78, 5) is 2.50. The van der Waals surface area contributed by atoms with E-state index in [0.29, 0.717) is 17.9 Å². The maximum Gasteiger partial charge on any atom is 0.0468 e. The summed E-state index contributed by atoms with van der Waals surface area (Å²) in [6, 6.07) is 0. The third-order valence-electron chi connectivity index (χ3n) is 3.80. The summed E-state index contributed by atoms with van der Waals surface area (Å²) in [7, 11) is 0. The van der Waals surface area contributed by atoms with Gasteiger partial charge < -0.3 is 10.0 Å². The summed E-state index contributed by atoms with van der Waals surface area (Å²) >= 11 is 0. The van der Waals surface area contributed by atoms with Crippen molar-refractivity contribution in [1.82, 2.24) is 4.90 Å². The molecular weight excluding hydrogens is 174 g/mol. The zero-order chi connectivity index (χ0) is 10.6. The van der Waals surface area contributed by atoms with Gasteiger partial charge in [0, 0.05) is 13.2 Å². The molecule has 1 unspecified atom stereocenters. The second-order valence-electron chi connectivity index (χ2n) is 5.25. The summed E-state index contributed by atoms with van der Waals surface area (Å²) in [5.41, 5.74) is 0.582. The van der Waals surface area contributed by atoms with Crippen molar-refractivity contribution in [3.8, 4) is 0 Å². The zero-order valence-electron chi connectivity index (χ0n) is 9.92. The minimum Gasteiger partial charge on any atom is -0.396 e. The van der Waals surface area contributed by atoms with E-state index in [1.807, 2.05) is 0 Å². The molecule has 0 spiro atoms. The molecule has 1 saturated heterocycles. The SMILES string of the molecule is CCC1(C)CCN(CC(C)CO)CC1. The number of nitrogens with zero attached hydrogens (tertiary/aromatic N) is 1. The van der Waals surface area contributed by atoms with E-state index in [4.69, 9.17) is 5.11 Å². The van der Waals surface area contributed by atoms with E-state index in [1.54, 1.807) is 0 Å². The van der Waals surface area contributed by atoms with Gasteiger partial charge >= 0.3 is 0 Å². The number of hydrogen-bond acceptors (Lipinski definition) is 2. The maximum absolute atomic E-state index is 8.99. The summed E-state index contributed by atoms with van der Waals surface area (Å²) in [5.74, 6) is 0.431. The monoisotopic (exact) mass is 199 g/mol. The largest absolute Gasteiger partial charge is 0.396 e. The van der Waals surface area contributed by atoms with Crippen LogP contribution in [0.3, 0.4) is 0 Å². The Balaban J connectivity index is 2.29. The van der Waals surface area contributed by atoms with Crippen LogP contribution in [0.1, 0.15) is 40.0 Å². The molecule has 0 radical (unpaired) electrons. The first-order chi connectivity index (χ1) is 6.59. The molecule has 0 amide bonds. The van der Waals surface area contributed by atoms with Crippen LogP contribution in [0.4, 0.5) is 0 Å². The summed E-state index contributed by atoms with van der Waals surface area (Å²) < 4.78 is 0. The smallest absolute Gasteiger partial charge is 0.0468 e. The van der Waals surface area contributed by atoms with Gasteiger partial charge in [0.15, 0.2) is 0 Å². The number of aliphatic hydroxyl groups excluding tert-OH is 1. The van der Waals surface area contributed by atoms with Crippen LogP contribution >= 0.6 is 0 Å². The predicted molar refractivity (Wildman–Crippen MR) is 60.3 cm³/mol. The van der Waals surface area contributed by atoms with Crippen molar-refractivity contribution in [2.45, 2.75) is 40.0 Å². The van der Waals surface area contributed by atoms with Crippen LogP contribution < -0.4 is 0 Å². The molecule has 0 saturated carbocycles. The van der Waals surface area contributed by atoms with Gasteiger partial charge in [-0.05, 0) is 37.3 Å². The Morgan fingerprint density at radius 2 is 1.93 bits per heavy atom. The van der Waals surface area contributed by atoms with Crippen molar-refractivity contribution in [2.24, 2.45) is 11.3 Å². The Morgan fingerprint density at radius 1 is 1.36 bits per heavy atom. The number of hydrogen-bond donors (Lipinski definition) is 1. The van der Waals surface area contributed by atoms with Crippen molar-refractivity contribution < 1.29 is 5.11 Å². The first kappa shape index (κ1) is 12.0. The van der Waals surface area contributed by atoms with E-state index in [9.17, 15) is 0 Å². The van der Waals surface area contributed by atoms with Crippen LogP contribution in [-0.2, 0) is 0 Å². The van der Waals surface area contributed by atoms with Gasteiger partial charge in [-0.2, -0.15) is 0 Å². The van der Waals surface area contributed by atoms with Crippen LogP contribution in [0.2, 0.25) is 0 Å². The van der Waals surface area contributed by atoms with Gasteiger partial charge in [0.05, 0.1) is 0 Å². The Labute approximate surface area is 88.3 Å². The molecular formula is C12H25NO. The molecule has 1 fully saturated rings. The molecule has 1 aliphatic heterocycles. The molecule has 2 nitrogen and oxygen atoms in total. The van der Waals surface area contributed by atoms with Gasteiger partial charge in [0.25, 0.3) is 0 Å². The second kappa shape index (κ2) is 5.13. The molecule has 2 heteroatoms. The highest BCUT2D eigenvalue weighted by Crippen LogP contribution is 2.33. The van der Waals surface area contributed by atoms with Gasteiger partial charge in [-0.15, -0.1) is 0 Å². The van der Waals surface area contributed by atoms with Crippen LogP contribution in [-0.4, -0.2) is 36.2 Å². The van der Waals surface area contributed by atoms with E-state index in [0.717, 1.165) is 6.54 Å². The van der Waals surface area contributed by atoms with E-state index in [-0.39, 0.29) is 0 Å². The molecule has 0 aromatic rings. The fourth-order valence-corrected chi connectivity index (χ4v) is 2.13. The molecule has 0 aromatic heterocycles. The molecule has 0 bridgehead atoms. The van der Waals surface area contributed by atoms with Crippen LogP contribution in [0, 0.1) is 11.3 Å². The lowest BCUT2D eigenvalue weighted by atomic mass is 9.78. The fraction of sp³-hybridized carbons (Fsp3) is 1.00. The Bertz CT molecular complexity index is 162. The summed E-state index contributed by atoms with van der Waals surface area (Å²) in [6.07, 6.45) is 3.94. The Hall–Kier alpha value is -0.0800. The van der Waals surface area contributed by atoms with Crippen molar-refractivity contribution in [2.75, 3.05) is 26.2 Å². The first-order valence-electron chi connectivity index (χ1n) is 5.93. The van der Waals surface area contributed by atoms with E-state index < -0.39 is 0 Å². The third-order valence-corrected chi connectivity index (χ3v) is 3.80. The topological polar surface area (TPSA) is 23.5 Å². The van der Waals surface area contributed by atoms with Crippen molar-refractivity contribution in [3.05, 3.63) is 0 Å². The minimum absolute atomic E-state index is 0.321. The quantitative estimate of drug-likeness (QED) is 0.749.